The molecule has 0 saturated heterocycles. The van der Waals surface area contributed by atoms with Crippen LogP contribution in [0.1, 0.15) is 20.7 Å². The molecule has 0 fully saturated rings. The third-order valence-electron chi connectivity index (χ3n) is 3.94. The van der Waals surface area contributed by atoms with Gasteiger partial charge >= 0.3 is 0 Å². The first-order valence-corrected chi connectivity index (χ1v) is 8.72. The van der Waals surface area contributed by atoms with Gasteiger partial charge in [0.15, 0.2) is 6.61 Å². The number of hydrogen-bond acceptors (Lipinski definition) is 5. The van der Waals surface area contributed by atoms with Gasteiger partial charge in [0.1, 0.15) is 5.75 Å². The Morgan fingerprint density at radius 2 is 1.45 bits per heavy atom. The van der Waals surface area contributed by atoms with Gasteiger partial charge in [0.2, 0.25) is 0 Å². The zero-order valence-corrected chi connectivity index (χ0v) is 15.3. The lowest BCUT2D eigenvalue weighted by Crippen LogP contribution is -2.23. The number of hydrogen-bond donors (Lipinski definition) is 2. The van der Waals surface area contributed by atoms with Crippen LogP contribution in [-0.2, 0) is 4.79 Å². The van der Waals surface area contributed by atoms with Gasteiger partial charge in [-0.1, -0.05) is 42.5 Å². The second-order valence-corrected chi connectivity index (χ2v) is 6.01. The van der Waals surface area contributed by atoms with E-state index in [1.54, 1.807) is 48.5 Å². The summed E-state index contributed by atoms with van der Waals surface area (Å²) in [5, 5.41) is 16.1. The minimum Gasteiger partial charge on any atom is -0.545 e. The highest BCUT2D eigenvalue weighted by Gasteiger charge is 2.14. The molecule has 29 heavy (non-hydrogen) atoms. The fourth-order valence-corrected chi connectivity index (χ4v) is 2.53. The van der Waals surface area contributed by atoms with Crippen LogP contribution < -0.4 is 20.5 Å². The van der Waals surface area contributed by atoms with E-state index in [4.69, 9.17) is 4.74 Å². The molecule has 0 unspecified atom stereocenters. The van der Waals surface area contributed by atoms with Crippen molar-refractivity contribution in [1.82, 2.24) is 0 Å². The SMILES string of the molecule is O=C(COc1ccccc1)Nc1ccccc1C(=O)Nc1ccc(C(=O)[O-])cc1. The van der Waals surface area contributed by atoms with Crippen molar-refractivity contribution in [2.75, 3.05) is 17.2 Å². The Labute approximate surface area is 166 Å². The summed E-state index contributed by atoms with van der Waals surface area (Å²) in [6, 6.07) is 21.0. The number of aromatic carboxylic acids is 1. The summed E-state index contributed by atoms with van der Waals surface area (Å²) < 4.78 is 5.40. The predicted molar refractivity (Wildman–Crippen MR) is 106 cm³/mol. The monoisotopic (exact) mass is 389 g/mol. The topological polar surface area (TPSA) is 108 Å². The number of para-hydroxylation sites is 2. The number of ether oxygens (including phenoxy) is 1. The average molecular weight is 389 g/mol. The Balaban J connectivity index is 1.65. The van der Waals surface area contributed by atoms with Crippen LogP contribution in [0.25, 0.3) is 0 Å². The van der Waals surface area contributed by atoms with E-state index in [-0.39, 0.29) is 17.7 Å². The zero-order valence-electron chi connectivity index (χ0n) is 15.3. The molecule has 2 amide bonds. The van der Waals surface area contributed by atoms with E-state index in [1.165, 1.54) is 24.3 Å². The molecular weight excluding hydrogens is 372 g/mol. The number of nitrogens with one attached hydrogen (secondary N) is 2. The summed E-state index contributed by atoms with van der Waals surface area (Å²) in [5.74, 6) is -1.60. The van der Waals surface area contributed by atoms with Crippen molar-refractivity contribution in [1.29, 1.82) is 0 Å². The van der Waals surface area contributed by atoms with E-state index in [1.807, 2.05) is 6.07 Å². The van der Waals surface area contributed by atoms with E-state index < -0.39 is 17.8 Å². The van der Waals surface area contributed by atoms with Gasteiger partial charge in [-0.25, -0.2) is 0 Å². The number of carbonyl (C=O) groups excluding carboxylic acids is 3. The smallest absolute Gasteiger partial charge is 0.262 e. The van der Waals surface area contributed by atoms with Crippen LogP contribution in [0.5, 0.6) is 5.75 Å². The maximum absolute atomic E-state index is 12.6. The highest BCUT2D eigenvalue weighted by molar-refractivity contribution is 6.10. The first-order valence-electron chi connectivity index (χ1n) is 8.72. The van der Waals surface area contributed by atoms with Crippen molar-refractivity contribution in [3.8, 4) is 5.75 Å². The second kappa shape index (κ2) is 9.18. The fourth-order valence-electron chi connectivity index (χ4n) is 2.53. The summed E-state index contributed by atoms with van der Waals surface area (Å²) in [6.45, 7) is -0.204. The number of amides is 2. The van der Waals surface area contributed by atoms with Gasteiger partial charge in [-0.15, -0.1) is 0 Å². The average Bonchev–Trinajstić information content (AvgIpc) is 2.74. The first kappa shape index (κ1) is 19.6. The third kappa shape index (κ3) is 5.43. The summed E-state index contributed by atoms with van der Waals surface area (Å²) in [6.07, 6.45) is 0. The number of carboxylic acids is 1. The summed E-state index contributed by atoms with van der Waals surface area (Å²) in [7, 11) is 0. The normalized spacial score (nSPS) is 10.1. The van der Waals surface area contributed by atoms with Crippen molar-refractivity contribution in [3.05, 3.63) is 90.0 Å². The maximum atomic E-state index is 12.6. The highest BCUT2D eigenvalue weighted by Crippen LogP contribution is 2.18. The van der Waals surface area contributed by atoms with Gasteiger partial charge < -0.3 is 25.3 Å². The molecule has 3 aromatic carbocycles. The number of carbonyl (C=O) groups is 3. The quantitative estimate of drug-likeness (QED) is 0.645. The number of anilines is 2. The second-order valence-electron chi connectivity index (χ2n) is 6.01. The van der Waals surface area contributed by atoms with E-state index in [2.05, 4.69) is 10.6 Å². The first-order chi connectivity index (χ1) is 14.0. The standard InChI is InChI=1S/C22H18N2O5/c25-20(14-29-17-6-2-1-3-7-17)24-19-9-5-4-8-18(19)21(26)23-16-12-10-15(11-13-16)22(27)28/h1-13H,14H2,(H,23,26)(H,24,25)(H,27,28)/p-1. The molecule has 0 aliphatic rings. The highest BCUT2D eigenvalue weighted by atomic mass is 16.5. The maximum Gasteiger partial charge on any atom is 0.262 e. The van der Waals surface area contributed by atoms with Crippen LogP contribution in [-0.4, -0.2) is 24.4 Å². The molecule has 3 rings (SSSR count). The van der Waals surface area contributed by atoms with Crippen LogP contribution >= 0.6 is 0 Å². The minimum atomic E-state index is -1.30. The molecule has 7 heteroatoms. The Morgan fingerprint density at radius 3 is 2.14 bits per heavy atom. The lowest BCUT2D eigenvalue weighted by Gasteiger charge is -2.12. The molecule has 0 heterocycles. The molecule has 0 bridgehead atoms. The number of benzene rings is 3. The largest absolute Gasteiger partial charge is 0.545 e. The molecule has 0 aliphatic carbocycles. The van der Waals surface area contributed by atoms with Crippen LogP contribution in [0.4, 0.5) is 11.4 Å². The zero-order chi connectivity index (χ0) is 20.6. The van der Waals surface area contributed by atoms with Gasteiger partial charge in [0.05, 0.1) is 17.2 Å². The predicted octanol–water partition coefficient (Wildman–Crippen LogP) is 2.32. The Bertz CT molecular complexity index is 1020. The number of carboxylic acid groups (broad SMARTS) is 1. The molecule has 2 N–H and O–H groups in total. The fraction of sp³-hybridized carbons (Fsp3) is 0.0455. The van der Waals surface area contributed by atoms with Crippen LogP contribution in [0.15, 0.2) is 78.9 Å². The van der Waals surface area contributed by atoms with E-state index >= 15 is 0 Å². The molecule has 0 spiro atoms. The van der Waals surface area contributed by atoms with Crippen molar-refractivity contribution in [2.24, 2.45) is 0 Å². The van der Waals surface area contributed by atoms with Crippen LogP contribution in [0, 0.1) is 0 Å². The summed E-state index contributed by atoms with van der Waals surface area (Å²) in [5.41, 5.74) is 1.00. The molecule has 7 nitrogen and oxygen atoms in total. The Morgan fingerprint density at radius 1 is 0.793 bits per heavy atom. The lowest BCUT2D eigenvalue weighted by molar-refractivity contribution is -0.255. The molecule has 3 aromatic rings. The van der Waals surface area contributed by atoms with Crippen LogP contribution in [0.2, 0.25) is 0 Å². The molecule has 0 atom stereocenters. The molecule has 0 saturated carbocycles. The van der Waals surface area contributed by atoms with Crippen LogP contribution in [0.3, 0.4) is 0 Å². The summed E-state index contributed by atoms with van der Waals surface area (Å²) >= 11 is 0. The lowest BCUT2D eigenvalue weighted by atomic mass is 10.1. The number of rotatable bonds is 7. The van der Waals surface area contributed by atoms with E-state index in [9.17, 15) is 19.5 Å². The Hall–Kier alpha value is -4.13. The van der Waals surface area contributed by atoms with Gasteiger partial charge in [0.25, 0.3) is 11.8 Å². The third-order valence-corrected chi connectivity index (χ3v) is 3.94. The van der Waals surface area contributed by atoms with Gasteiger partial charge in [-0.2, -0.15) is 0 Å². The van der Waals surface area contributed by atoms with Crippen molar-refractivity contribution >= 4 is 29.2 Å². The van der Waals surface area contributed by atoms with Gasteiger partial charge in [0, 0.05) is 5.69 Å². The van der Waals surface area contributed by atoms with E-state index in [0.29, 0.717) is 17.1 Å². The van der Waals surface area contributed by atoms with Crippen molar-refractivity contribution < 1.29 is 24.2 Å². The van der Waals surface area contributed by atoms with Crippen molar-refractivity contribution in [2.45, 2.75) is 0 Å². The molecule has 0 aromatic heterocycles. The molecular formula is C22H17N2O5-. The molecule has 146 valence electrons. The molecule has 0 radical (unpaired) electrons. The molecule has 0 aliphatic heterocycles. The van der Waals surface area contributed by atoms with E-state index in [0.717, 1.165) is 0 Å². The minimum absolute atomic E-state index is 0.00841. The summed E-state index contributed by atoms with van der Waals surface area (Å²) in [4.78, 5) is 35.6. The van der Waals surface area contributed by atoms with Crippen molar-refractivity contribution in [3.63, 3.8) is 0 Å². The van der Waals surface area contributed by atoms with Gasteiger partial charge in [-0.05, 0) is 42.0 Å². The Kier molecular flexibility index (Phi) is 6.22. The van der Waals surface area contributed by atoms with Gasteiger partial charge in [-0.3, -0.25) is 9.59 Å².